The SMILES string of the molecule is COc1cc(/C=C/C(=O)OCC(=O)N(CC(C)C)CC(C)C)cc2c1OCCO2. The fraction of sp³-hybridized carbons (Fsp3) is 0.545. The lowest BCUT2D eigenvalue weighted by atomic mass is 10.1. The summed E-state index contributed by atoms with van der Waals surface area (Å²) in [7, 11) is 1.54. The smallest absolute Gasteiger partial charge is 0.331 e. The Kier molecular flexibility index (Phi) is 8.36. The molecule has 0 spiro atoms. The highest BCUT2D eigenvalue weighted by Crippen LogP contribution is 2.40. The molecule has 0 bridgehead atoms. The average molecular weight is 405 g/mol. The molecule has 0 aliphatic carbocycles. The van der Waals surface area contributed by atoms with E-state index < -0.39 is 5.97 Å². The third-order valence-electron chi connectivity index (χ3n) is 4.12. The molecule has 1 aliphatic heterocycles. The normalized spacial score (nSPS) is 13.1. The molecule has 1 aromatic carbocycles. The second-order valence-electron chi connectivity index (χ2n) is 7.77. The number of methoxy groups -OCH3 is 1. The zero-order valence-electron chi connectivity index (χ0n) is 17.9. The highest BCUT2D eigenvalue weighted by atomic mass is 16.6. The van der Waals surface area contributed by atoms with Gasteiger partial charge in [-0.2, -0.15) is 0 Å². The molecule has 0 atom stereocenters. The van der Waals surface area contributed by atoms with Gasteiger partial charge in [-0.15, -0.1) is 0 Å². The fourth-order valence-corrected chi connectivity index (χ4v) is 2.99. The molecular formula is C22H31NO6. The van der Waals surface area contributed by atoms with Gasteiger partial charge in [0, 0.05) is 19.2 Å². The Morgan fingerprint density at radius 1 is 1.10 bits per heavy atom. The number of ether oxygens (including phenoxy) is 4. The van der Waals surface area contributed by atoms with Crippen molar-refractivity contribution in [1.82, 2.24) is 4.90 Å². The third-order valence-corrected chi connectivity index (χ3v) is 4.12. The summed E-state index contributed by atoms with van der Waals surface area (Å²) in [5, 5.41) is 0. The molecule has 0 fully saturated rings. The quantitative estimate of drug-likeness (QED) is 0.464. The Morgan fingerprint density at radius 2 is 1.76 bits per heavy atom. The summed E-state index contributed by atoms with van der Waals surface area (Å²) in [6.07, 6.45) is 2.88. The lowest BCUT2D eigenvalue weighted by molar-refractivity contribution is -0.148. The number of nitrogens with zero attached hydrogens (tertiary/aromatic N) is 1. The van der Waals surface area contributed by atoms with Crippen molar-refractivity contribution in [3.05, 3.63) is 23.8 Å². The molecule has 0 N–H and O–H groups in total. The number of amides is 1. The van der Waals surface area contributed by atoms with E-state index in [9.17, 15) is 9.59 Å². The second-order valence-corrected chi connectivity index (χ2v) is 7.77. The van der Waals surface area contributed by atoms with Crippen LogP contribution in [0.5, 0.6) is 17.2 Å². The molecule has 7 heteroatoms. The number of rotatable bonds is 9. The minimum absolute atomic E-state index is 0.185. The van der Waals surface area contributed by atoms with E-state index in [4.69, 9.17) is 18.9 Å². The average Bonchev–Trinajstić information content (AvgIpc) is 2.68. The van der Waals surface area contributed by atoms with Gasteiger partial charge in [0.1, 0.15) is 13.2 Å². The molecule has 2 rings (SSSR count). The van der Waals surface area contributed by atoms with Crippen molar-refractivity contribution in [2.75, 3.05) is 40.0 Å². The minimum Gasteiger partial charge on any atom is -0.493 e. The number of esters is 1. The number of fused-ring (bicyclic) bond motifs is 1. The summed E-state index contributed by atoms with van der Waals surface area (Å²) < 4.78 is 21.6. The van der Waals surface area contributed by atoms with E-state index in [1.165, 1.54) is 6.08 Å². The number of hydrogen-bond acceptors (Lipinski definition) is 6. The summed E-state index contributed by atoms with van der Waals surface area (Å²) in [5.41, 5.74) is 0.704. The topological polar surface area (TPSA) is 74.3 Å². The molecule has 160 valence electrons. The Morgan fingerprint density at radius 3 is 2.38 bits per heavy atom. The molecular weight excluding hydrogens is 374 g/mol. The summed E-state index contributed by atoms with van der Waals surface area (Å²) in [4.78, 5) is 26.2. The maximum absolute atomic E-state index is 12.4. The van der Waals surface area contributed by atoms with Crippen molar-refractivity contribution in [3.63, 3.8) is 0 Å². The zero-order valence-corrected chi connectivity index (χ0v) is 17.9. The van der Waals surface area contributed by atoms with Gasteiger partial charge < -0.3 is 23.8 Å². The van der Waals surface area contributed by atoms with Gasteiger partial charge in [0.25, 0.3) is 5.91 Å². The molecule has 0 saturated carbocycles. The van der Waals surface area contributed by atoms with Gasteiger partial charge in [-0.05, 0) is 35.6 Å². The van der Waals surface area contributed by atoms with Crippen LogP contribution in [0, 0.1) is 11.8 Å². The van der Waals surface area contributed by atoms with E-state index in [0.717, 1.165) is 0 Å². The Hall–Kier alpha value is -2.70. The Bertz CT molecular complexity index is 714. The summed E-state index contributed by atoms with van der Waals surface area (Å²) in [6, 6.07) is 3.51. The summed E-state index contributed by atoms with van der Waals surface area (Å²) in [5.74, 6) is 1.58. The zero-order chi connectivity index (χ0) is 21.4. The maximum atomic E-state index is 12.4. The van der Waals surface area contributed by atoms with Crippen LogP contribution in [0.3, 0.4) is 0 Å². The van der Waals surface area contributed by atoms with E-state index in [1.54, 1.807) is 30.2 Å². The molecule has 0 saturated heterocycles. The lowest BCUT2D eigenvalue weighted by Crippen LogP contribution is -2.39. The van der Waals surface area contributed by atoms with Crippen LogP contribution in [-0.2, 0) is 14.3 Å². The highest BCUT2D eigenvalue weighted by Gasteiger charge is 2.19. The predicted octanol–water partition coefficient (Wildman–Crippen LogP) is 3.16. The largest absolute Gasteiger partial charge is 0.493 e. The van der Waals surface area contributed by atoms with Gasteiger partial charge in [0.15, 0.2) is 18.1 Å². The van der Waals surface area contributed by atoms with Gasteiger partial charge in [0.2, 0.25) is 5.75 Å². The van der Waals surface area contributed by atoms with Crippen molar-refractivity contribution < 1.29 is 28.5 Å². The van der Waals surface area contributed by atoms with Crippen LogP contribution in [0.4, 0.5) is 0 Å². The molecule has 1 amide bonds. The molecule has 1 aromatic rings. The number of hydrogen-bond donors (Lipinski definition) is 0. The van der Waals surface area contributed by atoms with Crippen LogP contribution in [0.2, 0.25) is 0 Å². The van der Waals surface area contributed by atoms with Crippen LogP contribution in [-0.4, -0.2) is 56.8 Å². The molecule has 1 heterocycles. The molecule has 0 unspecified atom stereocenters. The predicted molar refractivity (Wildman–Crippen MR) is 110 cm³/mol. The fourth-order valence-electron chi connectivity index (χ4n) is 2.99. The van der Waals surface area contributed by atoms with E-state index in [-0.39, 0.29) is 12.5 Å². The van der Waals surface area contributed by atoms with Crippen molar-refractivity contribution in [2.24, 2.45) is 11.8 Å². The number of carbonyl (C=O) groups is 2. The first-order valence-corrected chi connectivity index (χ1v) is 9.90. The standard InChI is InChI=1S/C22H31NO6/c1-15(2)12-23(13-16(3)4)20(24)14-29-21(25)7-6-17-10-18(26-5)22-19(11-17)27-8-9-28-22/h6-7,10-11,15-16H,8-9,12-14H2,1-5H3/b7-6+. The highest BCUT2D eigenvalue weighted by molar-refractivity contribution is 5.89. The molecule has 7 nitrogen and oxygen atoms in total. The molecule has 0 aromatic heterocycles. The van der Waals surface area contributed by atoms with Crippen molar-refractivity contribution in [1.29, 1.82) is 0 Å². The van der Waals surface area contributed by atoms with Gasteiger partial charge in [-0.1, -0.05) is 27.7 Å². The van der Waals surface area contributed by atoms with Crippen LogP contribution < -0.4 is 14.2 Å². The van der Waals surface area contributed by atoms with Crippen molar-refractivity contribution >= 4 is 18.0 Å². The maximum Gasteiger partial charge on any atom is 0.331 e. The minimum atomic E-state index is -0.582. The van der Waals surface area contributed by atoms with E-state index >= 15 is 0 Å². The van der Waals surface area contributed by atoms with E-state index in [1.807, 2.05) is 0 Å². The summed E-state index contributed by atoms with van der Waals surface area (Å²) >= 11 is 0. The van der Waals surface area contributed by atoms with E-state index in [2.05, 4.69) is 27.7 Å². The Balaban J connectivity index is 1.96. The number of benzene rings is 1. The monoisotopic (exact) mass is 405 g/mol. The Labute approximate surface area is 172 Å². The second kappa shape index (κ2) is 10.7. The van der Waals surface area contributed by atoms with E-state index in [0.29, 0.717) is 61.0 Å². The van der Waals surface area contributed by atoms with Gasteiger partial charge in [-0.25, -0.2) is 4.79 Å². The number of carbonyl (C=O) groups excluding carboxylic acids is 2. The van der Waals surface area contributed by atoms with Crippen molar-refractivity contribution in [2.45, 2.75) is 27.7 Å². The van der Waals surface area contributed by atoms with Gasteiger partial charge >= 0.3 is 5.97 Å². The molecule has 1 aliphatic rings. The molecule has 0 radical (unpaired) electrons. The van der Waals surface area contributed by atoms with Crippen LogP contribution >= 0.6 is 0 Å². The van der Waals surface area contributed by atoms with Crippen LogP contribution in [0.25, 0.3) is 6.08 Å². The first-order chi connectivity index (χ1) is 13.8. The lowest BCUT2D eigenvalue weighted by Gasteiger charge is -2.26. The van der Waals surface area contributed by atoms with Crippen LogP contribution in [0.1, 0.15) is 33.3 Å². The third kappa shape index (κ3) is 7.00. The van der Waals surface area contributed by atoms with Gasteiger partial charge in [-0.3, -0.25) is 4.79 Å². The first kappa shape index (κ1) is 22.6. The first-order valence-electron chi connectivity index (χ1n) is 9.90. The summed E-state index contributed by atoms with van der Waals surface area (Å²) in [6.45, 7) is 10.1. The van der Waals surface area contributed by atoms with Crippen LogP contribution in [0.15, 0.2) is 18.2 Å². The van der Waals surface area contributed by atoms with Gasteiger partial charge in [0.05, 0.1) is 7.11 Å². The van der Waals surface area contributed by atoms with Crippen molar-refractivity contribution in [3.8, 4) is 17.2 Å². The molecule has 29 heavy (non-hydrogen) atoms.